The molecule has 0 amide bonds. The van der Waals surface area contributed by atoms with Crippen LogP contribution in [0.4, 0.5) is 4.39 Å². The summed E-state index contributed by atoms with van der Waals surface area (Å²) in [4.78, 5) is 0. The van der Waals surface area contributed by atoms with Crippen molar-refractivity contribution in [2.24, 2.45) is 5.41 Å². The van der Waals surface area contributed by atoms with Crippen LogP contribution >= 0.6 is 0 Å². The lowest BCUT2D eigenvalue weighted by Gasteiger charge is -2.08. The lowest BCUT2D eigenvalue weighted by Crippen LogP contribution is -2.13. The van der Waals surface area contributed by atoms with E-state index in [-0.39, 0.29) is 12.8 Å². The predicted molar refractivity (Wildman–Crippen MR) is 43.7 cm³/mol. The molecule has 1 unspecified atom stereocenters. The molecule has 0 heterocycles. The molecule has 0 saturated heterocycles. The van der Waals surface area contributed by atoms with E-state index in [0.29, 0.717) is 6.42 Å². The van der Waals surface area contributed by atoms with Crippen molar-refractivity contribution in [3.05, 3.63) is 0 Å². The largest absolute Gasteiger partial charge is 0.248 e. The number of hydrogen-bond acceptors (Lipinski definition) is 3. The van der Waals surface area contributed by atoms with E-state index in [9.17, 15) is 4.39 Å². The average molecular weight is 179 g/mol. The van der Waals surface area contributed by atoms with Gasteiger partial charge in [0, 0.05) is 0 Å². The zero-order chi connectivity index (χ0) is 10.3. The minimum Gasteiger partial charge on any atom is -0.248 e. The third-order valence-electron chi connectivity index (χ3n) is 1.73. The predicted octanol–water partition coefficient (Wildman–Crippen LogP) is 2.07. The Bertz CT molecular complexity index is 241. The van der Waals surface area contributed by atoms with Gasteiger partial charge in [-0.25, -0.2) is 4.39 Å². The van der Waals surface area contributed by atoms with Crippen LogP contribution in [0.15, 0.2) is 0 Å². The number of nitriles is 3. The summed E-state index contributed by atoms with van der Waals surface area (Å²) in [6.45, 7) is 1.41. The second kappa shape index (κ2) is 5.12. The van der Waals surface area contributed by atoms with Crippen LogP contribution in [0.25, 0.3) is 0 Å². The molecule has 13 heavy (non-hydrogen) atoms. The summed E-state index contributed by atoms with van der Waals surface area (Å²) in [7, 11) is 0. The van der Waals surface area contributed by atoms with E-state index in [1.807, 2.05) is 0 Å². The summed E-state index contributed by atoms with van der Waals surface area (Å²) in [6, 6.07) is 4.93. The van der Waals surface area contributed by atoms with Crippen molar-refractivity contribution in [3.63, 3.8) is 0 Å². The van der Waals surface area contributed by atoms with Crippen molar-refractivity contribution in [1.29, 1.82) is 15.8 Å². The Labute approximate surface area is 77.0 Å². The third kappa shape index (κ3) is 3.54. The number of halogens is 1. The van der Waals surface area contributed by atoms with Gasteiger partial charge in [-0.15, -0.1) is 0 Å². The van der Waals surface area contributed by atoms with E-state index < -0.39 is 11.6 Å². The molecule has 1 atom stereocenters. The summed E-state index contributed by atoms with van der Waals surface area (Å²) in [5, 5.41) is 25.7. The fourth-order valence-corrected chi connectivity index (χ4v) is 0.891. The molecule has 0 aromatic heterocycles. The third-order valence-corrected chi connectivity index (χ3v) is 1.73. The van der Waals surface area contributed by atoms with Crippen LogP contribution in [0.5, 0.6) is 0 Å². The van der Waals surface area contributed by atoms with Gasteiger partial charge in [0.1, 0.15) is 18.2 Å². The number of nitrogens with zero attached hydrogens (tertiary/aromatic N) is 3. The molecule has 0 saturated carbocycles. The van der Waals surface area contributed by atoms with Crippen LogP contribution in [0, 0.1) is 39.4 Å². The fraction of sp³-hybridized carbons (Fsp3) is 0.667. The minimum absolute atomic E-state index is 0.116. The van der Waals surface area contributed by atoms with Crippen LogP contribution in [0.3, 0.4) is 0 Å². The summed E-state index contributed by atoms with van der Waals surface area (Å²) in [5.41, 5.74) is -1.59. The molecule has 0 aliphatic rings. The van der Waals surface area contributed by atoms with Crippen molar-refractivity contribution in [1.82, 2.24) is 0 Å². The lowest BCUT2D eigenvalue weighted by molar-refractivity contribution is 0.325. The van der Waals surface area contributed by atoms with Gasteiger partial charge >= 0.3 is 0 Å². The van der Waals surface area contributed by atoms with E-state index >= 15 is 0 Å². The van der Waals surface area contributed by atoms with Gasteiger partial charge in [-0.1, -0.05) is 0 Å². The Kier molecular flexibility index (Phi) is 4.49. The Morgan fingerprint density at radius 2 is 1.69 bits per heavy atom. The topological polar surface area (TPSA) is 71.4 Å². The fourth-order valence-electron chi connectivity index (χ4n) is 0.891. The Morgan fingerprint density at radius 3 is 2.00 bits per heavy atom. The van der Waals surface area contributed by atoms with Crippen LogP contribution in [0.2, 0.25) is 0 Å². The molecule has 0 bridgehead atoms. The first kappa shape index (κ1) is 11.4. The SMILES string of the molecule is CC(F)CCCC(C#N)(C#N)C#N. The van der Waals surface area contributed by atoms with Crippen molar-refractivity contribution in [2.45, 2.75) is 32.4 Å². The molecule has 0 radical (unpaired) electrons. The zero-order valence-corrected chi connectivity index (χ0v) is 7.42. The van der Waals surface area contributed by atoms with Gasteiger partial charge in [-0.3, -0.25) is 0 Å². The second-order valence-corrected chi connectivity index (χ2v) is 2.91. The van der Waals surface area contributed by atoms with E-state index in [4.69, 9.17) is 15.8 Å². The Hall–Kier alpha value is -1.60. The van der Waals surface area contributed by atoms with E-state index in [1.54, 1.807) is 18.2 Å². The highest BCUT2D eigenvalue weighted by Crippen LogP contribution is 2.22. The van der Waals surface area contributed by atoms with Crippen molar-refractivity contribution >= 4 is 0 Å². The minimum atomic E-state index is -1.59. The van der Waals surface area contributed by atoms with Gasteiger partial charge in [0.15, 0.2) is 0 Å². The van der Waals surface area contributed by atoms with Crippen molar-refractivity contribution in [2.75, 3.05) is 0 Å². The highest BCUT2D eigenvalue weighted by molar-refractivity contribution is 5.25. The number of hydrogen-bond donors (Lipinski definition) is 0. The van der Waals surface area contributed by atoms with Gasteiger partial charge < -0.3 is 0 Å². The van der Waals surface area contributed by atoms with Crippen LogP contribution in [-0.2, 0) is 0 Å². The van der Waals surface area contributed by atoms with Crippen LogP contribution in [0.1, 0.15) is 26.2 Å². The quantitative estimate of drug-likeness (QED) is 0.663. The molecule has 68 valence electrons. The lowest BCUT2D eigenvalue weighted by atomic mass is 9.87. The van der Waals surface area contributed by atoms with Crippen LogP contribution in [-0.4, -0.2) is 6.17 Å². The molecule has 0 aromatic carbocycles. The monoisotopic (exact) mass is 179 g/mol. The molecule has 0 spiro atoms. The molecular weight excluding hydrogens is 169 g/mol. The maximum Gasteiger partial charge on any atom is 0.228 e. The first-order chi connectivity index (χ1) is 6.10. The highest BCUT2D eigenvalue weighted by Gasteiger charge is 2.29. The highest BCUT2D eigenvalue weighted by atomic mass is 19.1. The van der Waals surface area contributed by atoms with Gasteiger partial charge in [-0.05, 0) is 26.2 Å². The molecule has 0 aromatic rings. The normalized spacial score (nSPS) is 12.2. The number of rotatable bonds is 4. The van der Waals surface area contributed by atoms with Crippen molar-refractivity contribution < 1.29 is 4.39 Å². The Morgan fingerprint density at radius 1 is 1.23 bits per heavy atom. The molecule has 3 nitrogen and oxygen atoms in total. The summed E-state index contributed by atoms with van der Waals surface area (Å²) in [5.74, 6) is 0. The maximum atomic E-state index is 12.3. The Balaban J connectivity index is 4.11. The number of alkyl halides is 1. The van der Waals surface area contributed by atoms with Gasteiger partial charge in [-0.2, -0.15) is 15.8 Å². The summed E-state index contributed by atoms with van der Waals surface area (Å²) >= 11 is 0. The molecule has 0 aliphatic heterocycles. The van der Waals surface area contributed by atoms with E-state index in [0.717, 1.165) is 0 Å². The van der Waals surface area contributed by atoms with E-state index in [1.165, 1.54) is 6.92 Å². The molecular formula is C9H10FN3. The van der Waals surface area contributed by atoms with Crippen molar-refractivity contribution in [3.8, 4) is 18.2 Å². The van der Waals surface area contributed by atoms with Crippen LogP contribution < -0.4 is 0 Å². The average Bonchev–Trinajstić information content (AvgIpc) is 2.13. The van der Waals surface area contributed by atoms with E-state index in [2.05, 4.69) is 0 Å². The standard InChI is InChI=1S/C9H10FN3/c1-8(10)3-2-4-9(5-11,6-12)7-13/h8H,2-4H2,1H3. The zero-order valence-electron chi connectivity index (χ0n) is 7.42. The van der Waals surface area contributed by atoms with Gasteiger partial charge in [0.25, 0.3) is 0 Å². The first-order valence-corrected chi connectivity index (χ1v) is 3.98. The van der Waals surface area contributed by atoms with Gasteiger partial charge in [0.2, 0.25) is 5.41 Å². The molecule has 0 N–H and O–H groups in total. The maximum absolute atomic E-state index is 12.3. The smallest absolute Gasteiger partial charge is 0.228 e. The summed E-state index contributed by atoms with van der Waals surface area (Å²) in [6.07, 6.45) is -0.169. The molecule has 4 heteroatoms. The van der Waals surface area contributed by atoms with Gasteiger partial charge in [0.05, 0.1) is 6.17 Å². The molecule has 0 aliphatic carbocycles. The molecule has 0 fully saturated rings. The first-order valence-electron chi connectivity index (χ1n) is 3.98. The second-order valence-electron chi connectivity index (χ2n) is 2.91. The summed E-state index contributed by atoms with van der Waals surface area (Å²) < 4.78 is 12.3. The molecule has 0 rings (SSSR count).